The Morgan fingerprint density at radius 2 is 1.42 bits per heavy atom. The zero-order chi connectivity index (χ0) is 36.5. The van der Waals surface area contributed by atoms with E-state index in [4.69, 9.17) is 24.1 Å². The van der Waals surface area contributed by atoms with Crippen molar-refractivity contribution in [2.24, 2.45) is 0 Å². The standard InChI is InChI=1S/C35H40N4O11/c1-36(2)23-6-8-25-29(16-23)50-30-17-24(37(3)4)7-9-26(30)35(25)22-5-10-28(27(15-22)39(20-33(44)45)21-34(46)47)49-14-13-48-12-11-38(18-31(40)41)19-32(42)43/h5-10,15-17H,11-14,18-21H2,1-4H3,(H3-,40,41,42,43,44,45,46,47)/p+1. The van der Waals surface area contributed by atoms with E-state index in [-0.39, 0.29) is 37.8 Å². The Hall–Kier alpha value is -5.67. The predicted molar refractivity (Wildman–Crippen MR) is 185 cm³/mol. The lowest BCUT2D eigenvalue weighted by Gasteiger charge is -2.25. The van der Waals surface area contributed by atoms with E-state index in [1.54, 1.807) is 12.1 Å². The summed E-state index contributed by atoms with van der Waals surface area (Å²) in [5, 5.41) is 39.1. The molecule has 1 heterocycles. The number of hydrogen-bond donors (Lipinski definition) is 4. The molecule has 0 aromatic heterocycles. The maximum Gasteiger partial charge on any atom is 0.323 e. The lowest BCUT2D eigenvalue weighted by atomic mass is 9.93. The van der Waals surface area contributed by atoms with Crippen molar-refractivity contribution < 1.29 is 53.5 Å². The molecule has 50 heavy (non-hydrogen) atoms. The van der Waals surface area contributed by atoms with Crippen LogP contribution < -0.4 is 24.5 Å². The molecular weight excluding hydrogens is 652 g/mol. The van der Waals surface area contributed by atoms with E-state index in [1.807, 2.05) is 80.1 Å². The highest BCUT2D eigenvalue weighted by Gasteiger charge is 2.23. The smallest absolute Gasteiger partial charge is 0.323 e. The fourth-order valence-electron chi connectivity index (χ4n) is 5.43. The van der Waals surface area contributed by atoms with Crippen LogP contribution in [0.15, 0.2) is 59.0 Å². The van der Waals surface area contributed by atoms with Crippen LogP contribution >= 0.6 is 0 Å². The molecule has 0 unspecified atom stereocenters. The van der Waals surface area contributed by atoms with Crippen LogP contribution in [0.25, 0.3) is 33.4 Å². The van der Waals surface area contributed by atoms with Crippen molar-refractivity contribution >= 4 is 46.2 Å². The van der Waals surface area contributed by atoms with E-state index in [9.17, 15) is 29.4 Å². The van der Waals surface area contributed by atoms with Gasteiger partial charge >= 0.3 is 23.9 Å². The molecule has 1 aliphatic heterocycles. The van der Waals surface area contributed by atoms with Crippen LogP contribution in [-0.4, -0.2) is 130 Å². The Morgan fingerprint density at radius 1 is 0.760 bits per heavy atom. The summed E-state index contributed by atoms with van der Waals surface area (Å²) in [5.74, 6) is -3.97. The highest BCUT2D eigenvalue weighted by Crippen LogP contribution is 2.43. The predicted octanol–water partition coefficient (Wildman–Crippen LogP) is 2.14. The third kappa shape index (κ3) is 9.70. The summed E-state index contributed by atoms with van der Waals surface area (Å²) in [4.78, 5) is 50.2. The highest BCUT2D eigenvalue weighted by molar-refractivity contribution is 6.03. The number of carbonyl (C=O) groups is 4. The molecule has 0 spiro atoms. The van der Waals surface area contributed by atoms with Gasteiger partial charge in [-0.1, -0.05) is 6.07 Å². The largest absolute Gasteiger partial charge is 0.489 e. The fraction of sp³-hybridized carbons (Fsp3) is 0.343. The first kappa shape index (κ1) is 37.2. The van der Waals surface area contributed by atoms with E-state index in [0.29, 0.717) is 16.9 Å². The Bertz CT molecular complexity index is 1880. The van der Waals surface area contributed by atoms with Crippen LogP contribution in [0.2, 0.25) is 0 Å². The summed E-state index contributed by atoms with van der Waals surface area (Å²) in [6, 6.07) is 16.8. The van der Waals surface area contributed by atoms with Crippen molar-refractivity contribution in [2.45, 2.75) is 0 Å². The van der Waals surface area contributed by atoms with Gasteiger partial charge in [-0.15, -0.1) is 0 Å². The number of benzene rings is 3. The number of nitrogens with zero attached hydrogens (tertiary/aromatic N) is 4. The van der Waals surface area contributed by atoms with Crippen LogP contribution in [0.4, 0.5) is 11.4 Å². The Balaban J connectivity index is 1.73. The maximum atomic E-state index is 11.9. The first-order valence-electron chi connectivity index (χ1n) is 15.6. The normalized spacial score (nSPS) is 11.1. The van der Waals surface area contributed by atoms with Gasteiger partial charge in [-0.3, -0.25) is 24.1 Å². The summed E-state index contributed by atoms with van der Waals surface area (Å²) in [7, 11) is 7.71. The van der Waals surface area contributed by atoms with E-state index in [0.717, 1.165) is 27.6 Å². The van der Waals surface area contributed by atoms with Crippen LogP contribution in [-0.2, 0) is 23.9 Å². The lowest BCUT2D eigenvalue weighted by molar-refractivity contribution is -0.142. The Labute approximate surface area is 287 Å². The van der Waals surface area contributed by atoms with E-state index in [2.05, 4.69) is 0 Å². The third-order valence-corrected chi connectivity index (χ3v) is 7.72. The monoisotopic (exact) mass is 693 g/mol. The number of aliphatic carboxylic acids is 4. The van der Waals surface area contributed by atoms with E-state index in [1.165, 1.54) is 9.80 Å². The van der Waals surface area contributed by atoms with Gasteiger partial charge in [0.1, 0.15) is 50.9 Å². The number of ether oxygens (including phenoxy) is 2. The molecule has 0 saturated carbocycles. The van der Waals surface area contributed by atoms with Crippen molar-refractivity contribution in [3.05, 3.63) is 60.0 Å². The summed E-state index contributed by atoms with van der Waals surface area (Å²) in [6.07, 6.45) is 0. The van der Waals surface area contributed by atoms with Crippen LogP contribution in [0.1, 0.15) is 0 Å². The highest BCUT2D eigenvalue weighted by atomic mass is 16.5. The molecule has 0 fully saturated rings. The zero-order valence-electron chi connectivity index (χ0n) is 28.3. The first-order valence-corrected chi connectivity index (χ1v) is 15.6. The average Bonchev–Trinajstić information content (AvgIpc) is 3.03. The van der Waals surface area contributed by atoms with Crippen molar-refractivity contribution in [3.8, 4) is 28.2 Å². The maximum absolute atomic E-state index is 11.9. The molecule has 4 N–H and O–H groups in total. The molecule has 0 amide bonds. The third-order valence-electron chi connectivity index (χ3n) is 7.72. The molecular formula is C35H41N4O11+. The quantitative estimate of drug-likeness (QED) is 0.0673. The van der Waals surface area contributed by atoms with Gasteiger partial charge in [0.15, 0.2) is 0 Å². The minimum Gasteiger partial charge on any atom is -0.489 e. The molecule has 0 radical (unpaired) electrons. The average molecular weight is 694 g/mol. The van der Waals surface area contributed by atoms with Gasteiger partial charge in [0, 0.05) is 55.0 Å². The van der Waals surface area contributed by atoms with Gasteiger partial charge in [0.2, 0.25) is 5.36 Å². The Morgan fingerprint density at radius 3 is 2.02 bits per heavy atom. The molecule has 2 aromatic carbocycles. The number of carboxylic acids is 4. The van der Waals surface area contributed by atoms with E-state index >= 15 is 0 Å². The van der Waals surface area contributed by atoms with Gasteiger partial charge in [0.25, 0.3) is 0 Å². The van der Waals surface area contributed by atoms with Gasteiger partial charge in [0.05, 0.1) is 38.1 Å². The van der Waals surface area contributed by atoms with Crippen molar-refractivity contribution in [1.82, 2.24) is 9.48 Å². The van der Waals surface area contributed by atoms with Crippen LogP contribution in [0, 0.1) is 0 Å². The molecule has 266 valence electrons. The molecule has 2 aromatic rings. The molecule has 0 saturated heterocycles. The minimum atomic E-state index is -1.24. The van der Waals surface area contributed by atoms with E-state index < -0.39 is 50.1 Å². The molecule has 15 nitrogen and oxygen atoms in total. The lowest BCUT2D eigenvalue weighted by Crippen LogP contribution is -2.37. The number of hydrogen-bond acceptors (Lipinski definition) is 10. The summed E-state index contributed by atoms with van der Waals surface area (Å²) >= 11 is 0. The second-order valence-corrected chi connectivity index (χ2v) is 11.9. The van der Waals surface area contributed by atoms with Crippen molar-refractivity contribution in [3.63, 3.8) is 0 Å². The molecule has 2 aliphatic rings. The number of carboxylic acid groups (broad SMARTS) is 4. The van der Waals surface area contributed by atoms with Crippen LogP contribution in [0.5, 0.6) is 5.75 Å². The van der Waals surface area contributed by atoms with Crippen molar-refractivity contribution in [2.75, 3.05) is 90.5 Å². The second kappa shape index (κ2) is 16.6. The summed E-state index contributed by atoms with van der Waals surface area (Å²) < 4.78 is 19.9. The number of anilines is 2. The SMILES string of the molecule is CN(C)c1ccc2c(-c3ccc(OCCOCCN(CC(=O)O)CC(=O)O)c(N(CC(=O)O)CC(=O)O)c3)c3ccc(=[N+](C)C)cc-3oc2c1. The van der Waals surface area contributed by atoms with Gasteiger partial charge in [-0.2, -0.15) is 0 Å². The van der Waals surface area contributed by atoms with Crippen LogP contribution in [0.3, 0.4) is 0 Å². The fourth-order valence-corrected chi connectivity index (χ4v) is 5.43. The number of fused-ring (bicyclic) bond motifs is 2. The molecule has 0 bridgehead atoms. The molecule has 0 atom stereocenters. The Kier molecular flexibility index (Phi) is 12.4. The van der Waals surface area contributed by atoms with Gasteiger partial charge < -0.3 is 44.1 Å². The summed E-state index contributed by atoms with van der Waals surface area (Å²) in [5.41, 5.74) is 4.03. The number of rotatable bonds is 18. The molecule has 1 aliphatic carbocycles. The summed E-state index contributed by atoms with van der Waals surface area (Å²) in [6.45, 7) is -2.05. The topological polar surface area (TPSA) is 194 Å². The zero-order valence-corrected chi connectivity index (χ0v) is 28.3. The van der Waals surface area contributed by atoms with Gasteiger partial charge in [-0.05, 0) is 35.9 Å². The molecule has 15 heteroatoms. The van der Waals surface area contributed by atoms with Gasteiger partial charge in [-0.25, -0.2) is 4.58 Å². The second-order valence-electron chi connectivity index (χ2n) is 11.9. The minimum absolute atomic E-state index is 0.0190. The van der Waals surface area contributed by atoms with Crippen molar-refractivity contribution in [1.29, 1.82) is 0 Å². The first-order chi connectivity index (χ1) is 23.7. The molecule has 4 rings (SSSR count).